The summed E-state index contributed by atoms with van der Waals surface area (Å²) in [7, 11) is 1.32. The molecule has 0 aliphatic rings. The predicted molar refractivity (Wildman–Crippen MR) is 76.0 cm³/mol. The van der Waals surface area contributed by atoms with Gasteiger partial charge in [0.2, 0.25) is 5.91 Å². The van der Waals surface area contributed by atoms with Gasteiger partial charge in [-0.1, -0.05) is 18.2 Å². The average Bonchev–Trinajstić information content (AvgIpc) is 2.42. The maximum absolute atomic E-state index is 12.1. The quantitative estimate of drug-likeness (QED) is 0.592. The maximum atomic E-state index is 12.1. The number of rotatable bonds is 6. The summed E-state index contributed by atoms with van der Waals surface area (Å²) in [5, 5.41) is 0. The van der Waals surface area contributed by atoms with Gasteiger partial charge in [0.25, 0.3) is 0 Å². The van der Waals surface area contributed by atoms with Crippen molar-refractivity contribution in [2.24, 2.45) is 0 Å². The SMILES string of the molecule is COC(=O)CN(C(=O)CSc1ccccc1)C(C)C. The van der Waals surface area contributed by atoms with Crippen LogP contribution in [-0.4, -0.2) is 42.2 Å². The molecule has 0 aromatic heterocycles. The Labute approximate surface area is 118 Å². The van der Waals surface area contributed by atoms with Gasteiger partial charge in [-0.3, -0.25) is 9.59 Å². The Morgan fingerprint density at radius 2 is 1.89 bits per heavy atom. The van der Waals surface area contributed by atoms with E-state index in [0.717, 1.165) is 4.90 Å². The van der Waals surface area contributed by atoms with Crippen LogP contribution in [0.3, 0.4) is 0 Å². The van der Waals surface area contributed by atoms with Crippen LogP contribution in [0.5, 0.6) is 0 Å². The van der Waals surface area contributed by atoms with Crippen LogP contribution in [-0.2, 0) is 14.3 Å². The fourth-order valence-corrected chi connectivity index (χ4v) is 2.31. The van der Waals surface area contributed by atoms with E-state index in [9.17, 15) is 9.59 Å². The van der Waals surface area contributed by atoms with Crippen LogP contribution < -0.4 is 0 Å². The van der Waals surface area contributed by atoms with Gasteiger partial charge in [0, 0.05) is 10.9 Å². The molecule has 0 radical (unpaired) electrons. The molecule has 0 spiro atoms. The van der Waals surface area contributed by atoms with Crippen LogP contribution >= 0.6 is 11.8 Å². The summed E-state index contributed by atoms with van der Waals surface area (Å²) >= 11 is 1.47. The number of esters is 1. The van der Waals surface area contributed by atoms with Gasteiger partial charge < -0.3 is 9.64 Å². The van der Waals surface area contributed by atoms with Gasteiger partial charge in [0.1, 0.15) is 6.54 Å². The zero-order valence-electron chi connectivity index (χ0n) is 11.5. The van der Waals surface area contributed by atoms with E-state index in [1.165, 1.54) is 23.8 Å². The van der Waals surface area contributed by atoms with E-state index >= 15 is 0 Å². The molecule has 0 saturated carbocycles. The van der Waals surface area contributed by atoms with E-state index in [0.29, 0.717) is 5.75 Å². The molecule has 104 valence electrons. The van der Waals surface area contributed by atoms with Crippen molar-refractivity contribution in [1.82, 2.24) is 4.90 Å². The van der Waals surface area contributed by atoms with E-state index < -0.39 is 5.97 Å². The summed E-state index contributed by atoms with van der Waals surface area (Å²) in [4.78, 5) is 26.0. The molecule has 1 rings (SSSR count). The third-order valence-corrected chi connectivity index (χ3v) is 3.57. The molecular weight excluding hydrogens is 262 g/mol. The lowest BCUT2D eigenvalue weighted by atomic mass is 10.3. The molecule has 5 heteroatoms. The van der Waals surface area contributed by atoms with Crippen molar-refractivity contribution in [3.8, 4) is 0 Å². The highest BCUT2D eigenvalue weighted by molar-refractivity contribution is 8.00. The number of hydrogen-bond acceptors (Lipinski definition) is 4. The van der Waals surface area contributed by atoms with Crippen LogP contribution in [0.4, 0.5) is 0 Å². The van der Waals surface area contributed by atoms with Gasteiger partial charge in [-0.05, 0) is 26.0 Å². The number of thioether (sulfide) groups is 1. The van der Waals surface area contributed by atoms with Gasteiger partial charge in [-0.15, -0.1) is 11.8 Å². The fourth-order valence-electron chi connectivity index (χ4n) is 1.51. The molecule has 0 saturated heterocycles. The predicted octanol–water partition coefficient (Wildman–Crippen LogP) is 2.19. The van der Waals surface area contributed by atoms with Gasteiger partial charge >= 0.3 is 5.97 Å². The Morgan fingerprint density at radius 3 is 2.42 bits per heavy atom. The summed E-state index contributed by atoms with van der Waals surface area (Å²) in [6, 6.07) is 9.69. The van der Waals surface area contributed by atoms with E-state index in [2.05, 4.69) is 4.74 Å². The number of methoxy groups -OCH3 is 1. The highest BCUT2D eigenvalue weighted by Crippen LogP contribution is 2.17. The first kappa shape index (κ1) is 15.6. The van der Waals surface area contributed by atoms with Gasteiger partial charge in [-0.25, -0.2) is 0 Å². The molecule has 0 aliphatic carbocycles. The highest BCUT2D eigenvalue weighted by atomic mass is 32.2. The largest absolute Gasteiger partial charge is 0.468 e. The molecular formula is C14H19NO3S. The number of hydrogen-bond donors (Lipinski definition) is 0. The van der Waals surface area contributed by atoms with E-state index in [1.54, 1.807) is 0 Å². The molecule has 0 atom stereocenters. The number of benzene rings is 1. The molecule has 1 aromatic rings. The van der Waals surface area contributed by atoms with Gasteiger partial charge in [0.15, 0.2) is 0 Å². The molecule has 0 unspecified atom stereocenters. The first-order valence-corrected chi connectivity index (χ1v) is 7.07. The summed E-state index contributed by atoms with van der Waals surface area (Å²) in [5.41, 5.74) is 0. The van der Waals surface area contributed by atoms with E-state index in [-0.39, 0.29) is 18.5 Å². The molecule has 1 aromatic carbocycles. The molecule has 1 amide bonds. The second-order valence-corrected chi connectivity index (χ2v) is 5.34. The molecule has 0 bridgehead atoms. The van der Waals surface area contributed by atoms with Crippen molar-refractivity contribution >= 4 is 23.6 Å². The van der Waals surface area contributed by atoms with E-state index in [4.69, 9.17) is 0 Å². The third-order valence-electron chi connectivity index (χ3n) is 2.58. The minimum Gasteiger partial charge on any atom is -0.468 e. The van der Waals surface area contributed by atoms with Crippen LogP contribution in [0.15, 0.2) is 35.2 Å². The van der Waals surface area contributed by atoms with E-state index in [1.807, 2.05) is 44.2 Å². The van der Waals surface area contributed by atoms with Crippen molar-refractivity contribution in [1.29, 1.82) is 0 Å². The second kappa shape index (κ2) is 7.84. The standard InChI is InChI=1S/C14H19NO3S/c1-11(2)15(9-14(17)18-3)13(16)10-19-12-7-5-4-6-8-12/h4-8,11H,9-10H2,1-3H3. The summed E-state index contributed by atoms with van der Waals surface area (Å²) < 4.78 is 4.60. The Hall–Kier alpha value is -1.49. The van der Waals surface area contributed by atoms with Crippen LogP contribution in [0.25, 0.3) is 0 Å². The van der Waals surface area contributed by atoms with Gasteiger partial charge in [0.05, 0.1) is 12.9 Å². The minimum atomic E-state index is -0.397. The number of amides is 1. The third kappa shape index (κ3) is 5.34. The lowest BCUT2D eigenvalue weighted by molar-refractivity contribution is -0.147. The summed E-state index contributed by atoms with van der Waals surface area (Å²) in [6.45, 7) is 3.77. The Balaban J connectivity index is 2.55. The smallest absolute Gasteiger partial charge is 0.325 e. The number of carbonyl (C=O) groups excluding carboxylic acids is 2. The lowest BCUT2D eigenvalue weighted by Crippen LogP contribution is -2.42. The Bertz CT molecular complexity index is 420. The van der Waals surface area contributed by atoms with Crippen molar-refractivity contribution in [3.63, 3.8) is 0 Å². The first-order chi connectivity index (χ1) is 9.04. The monoisotopic (exact) mass is 281 g/mol. The zero-order chi connectivity index (χ0) is 14.3. The summed E-state index contributed by atoms with van der Waals surface area (Å²) in [6.07, 6.45) is 0. The zero-order valence-corrected chi connectivity index (χ0v) is 12.3. The Morgan fingerprint density at radius 1 is 1.26 bits per heavy atom. The van der Waals surface area contributed by atoms with Crippen molar-refractivity contribution in [2.75, 3.05) is 19.4 Å². The number of ether oxygens (including phenoxy) is 1. The molecule has 0 fully saturated rings. The average molecular weight is 281 g/mol. The van der Waals surface area contributed by atoms with Crippen LogP contribution in [0, 0.1) is 0 Å². The van der Waals surface area contributed by atoms with Crippen LogP contribution in [0.2, 0.25) is 0 Å². The second-order valence-electron chi connectivity index (χ2n) is 4.29. The molecule has 0 aliphatic heterocycles. The highest BCUT2D eigenvalue weighted by Gasteiger charge is 2.20. The van der Waals surface area contributed by atoms with Gasteiger partial charge in [-0.2, -0.15) is 0 Å². The van der Waals surface area contributed by atoms with Crippen molar-refractivity contribution < 1.29 is 14.3 Å². The first-order valence-electron chi connectivity index (χ1n) is 6.08. The maximum Gasteiger partial charge on any atom is 0.325 e. The van der Waals surface area contributed by atoms with Crippen LogP contribution in [0.1, 0.15) is 13.8 Å². The topological polar surface area (TPSA) is 46.6 Å². The van der Waals surface area contributed by atoms with Crippen molar-refractivity contribution in [2.45, 2.75) is 24.8 Å². The summed E-state index contributed by atoms with van der Waals surface area (Å²) in [5.74, 6) is -0.139. The molecule has 19 heavy (non-hydrogen) atoms. The molecule has 0 heterocycles. The normalized spacial score (nSPS) is 10.3. The number of carbonyl (C=O) groups is 2. The molecule has 0 N–H and O–H groups in total. The van der Waals surface area contributed by atoms with Crippen molar-refractivity contribution in [3.05, 3.63) is 30.3 Å². The lowest BCUT2D eigenvalue weighted by Gasteiger charge is -2.25. The fraction of sp³-hybridized carbons (Fsp3) is 0.429. The number of nitrogens with zero attached hydrogens (tertiary/aromatic N) is 1. The molecule has 4 nitrogen and oxygen atoms in total. The Kier molecular flexibility index (Phi) is 6.42. The minimum absolute atomic E-state index is 0.00233.